The lowest BCUT2D eigenvalue weighted by Crippen LogP contribution is -2.32. The molecule has 0 fully saturated rings. The van der Waals surface area contributed by atoms with E-state index in [2.05, 4.69) is 42.9 Å². The van der Waals surface area contributed by atoms with Gasteiger partial charge in [-0.25, -0.2) is 9.97 Å². The number of amides is 1. The van der Waals surface area contributed by atoms with E-state index in [4.69, 9.17) is 5.73 Å². The summed E-state index contributed by atoms with van der Waals surface area (Å²) in [5.41, 5.74) is 8.50. The Bertz CT molecular complexity index is 672. The Labute approximate surface area is 131 Å². The number of aromatic nitrogens is 2. The van der Waals surface area contributed by atoms with Gasteiger partial charge in [-0.3, -0.25) is 9.69 Å². The van der Waals surface area contributed by atoms with Crippen molar-refractivity contribution in [3.05, 3.63) is 57.6 Å². The molecule has 0 bridgehead atoms. The van der Waals surface area contributed by atoms with Gasteiger partial charge >= 0.3 is 0 Å². The molecular formula is C15H15BrN4O. The van der Waals surface area contributed by atoms with Crippen LogP contribution in [-0.4, -0.2) is 27.3 Å². The number of rotatable bonds is 3. The van der Waals surface area contributed by atoms with Crippen LogP contribution < -0.4 is 5.73 Å². The predicted octanol–water partition coefficient (Wildman–Crippen LogP) is 1.90. The molecule has 2 N–H and O–H groups in total. The van der Waals surface area contributed by atoms with Crippen molar-refractivity contribution < 1.29 is 4.79 Å². The maximum atomic E-state index is 11.2. The topological polar surface area (TPSA) is 72.1 Å². The molecule has 0 unspecified atom stereocenters. The summed E-state index contributed by atoms with van der Waals surface area (Å²) in [6.45, 7) is 2.54. The van der Waals surface area contributed by atoms with Crippen molar-refractivity contribution in [2.75, 3.05) is 6.54 Å². The van der Waals surface area contributed by atoms with Gasteiger partial charge in [-0.2, -0.15) is 0 Å². The van der Waals surface area contributed by atoms with Crippen molar-refractivity contribution in [1.82, 2.24) is 14.9 Å². The van der Waals surface area contributed by atoms with Crippen LogP contribution in [0.2, 0.25) is 0 Å². The molecule has 108 valence electrons. The largest absolute Gasteiger partial charge is 0.363 e. The number of carbonyl (C=O) groups excluding carboxylic acids is 1. The van der Waals surface area contributed by atoms with Crippen LogP contribution in [0.4, 0.5) is 0 Å². The highest BCUT2D eigenvalue weighted by Gasteiger charge is 2.19. The average molecular weight is 347 g/mol. The van der Waals surface area contributed by atoms with Gasteiger partial charge in [-0.15, -0.1) is 0 Å². The summed E-state index contributed by atoms with van der Waals surface area (Å²) >= 11 is 3.44. The van der Waals surface area contributed by atoms with E-state index in [9.17, 15) is 4.79 Å². The van der Waals surface area contributed by atoms with Crippen molar-refractivity contribution in [1.29, 1.82) is 0 Å². The lowest BCUT2D eigenvalue weighted by Gasteiger charge is -2.27. The van der Waals surface area contributed by atoms with Crippen molar-refractivity contribution >= 4 is 21.8 Å². The first-order valence-corrected chi connectivity index (χ1v) is 7.52. The van der Waals surface area contributed by atoms with Gasteiger partial charge < -0.3 is 5.73 Å². The highest BCUT2D eigenvalue weighted by molar-refractivity contribution is 9.10. The van der Waals surface area contributed by atoms with Crippen molar-refractivity contribution in [2.24, 2.45) is 5.73 Å². The van der Waals surface area contributed by atoms with E-state index < -0.39 is 5.91 Å². The number of hydrogen-bond acceptors (Lipinski definition) is 4. The molecule has 6 heteroatoms. The molecule has 0 aliphatic carbocycles. The van der Waals surface area contributed by atoms with E-state index >= 15 is 0 Å². The fourth-order valence-corrected chi connectivity index (χ4v) is 2.72. The summed E-state index contributed by atoms with van der Waals surface area (Å²) in [7, 11) is 0. The monoisotopic (exact) mass is 346 g/mol. The fraction of sp³-hybridized carbons (Fsp3) is 0.267. The van der Waals surface area contributed by atoms with Crippen LogP contribution in [0, 0.1) is 0 Å². The van der Waals surface area contributed by atoms with Crippen LogP contribution in [0.25, 0.3) is 0 Å². The summed E-state index contributed by atoms with van der Waals surface area (Å²) in [6.07, 6.45) is 2.62. The van der Waals surface area contributed by atoms with E-state index in [0.29, 0.717) is 6.54 Å². The molecule has 1 aromatic heterocycles. The number of primary amides is 1. The van der Waals surface area contributed by atoms with E-state index in [0.717, 1.165) is 35.2 Å². The lowest BCUT2D eigenvalue weighted by molar-refractivity contribution is 0.0989. The molecule has 0 radical (unpaired) electrons. The smallest absolute Gasteiger partial charge is 0.286 e. The van der Waals surface area contributed by atoms with Gasteiger partial charge in [-0.1, -0.05) is 28.1 Å². The molecular weight excluding hydrogens is 332 g/mol. The predicted molar refractivity (Wildman–Crippen MR) is 82.5 cm³/mol. The minimum absolute atomic E-state index is 0.0965. The lowest BCUT2D eigenvalue weighted by atomic mass is 10.1. The van der Waals surface area contributed by atoms with E-state index in [1.165, 1.54) is 5.56 Å². The molecule has 0 spiro atoms. The Hall–Kier alpha value is -1.79. The average Bonchev–Trinajstić information content (AvgIpc) is 2.49. The fourth-order valence-electron chi connectivity index (χ4n) is 2.46. The molecule has 1 aliphatic heterocycles. The van der Waals surface area contributed by atoms with Gasteiger partial charge in [0.25, 0.3) is 5.91 Å². The number of fused-ring (bicyclic) bond motifs is 1. The second-order valence-corrected chi connectivity index (χ2v) is 6.03. The Morgan fingerprint density at radius 2 is 2.10 bits per heavy atom. The highest BCUT2D eigenvalue weighted by Crippen LogP contribution is 2.19. The molecule has 0 atom stereocenters. The molecule has 1 amide bonds. The van der Waals surface area contributed by atoms with Crippen molar-refractivity contribution in [3.63, 3.8) is 0 Å². The minimum atomic E-state index is -0.581. The zero-order valence-corrected chi connectivity index (χ0v) is 13.0. The molecule has 0 saturated heterocycles. The molecule has 2 heterocycles. The van der Waals surface area contributed by atoms with Crippen LogP contribution in [0.3, 0.4) is 0 Å². The van der Waals surface area contributed by atoms with Gasteiger partial charge in [0, 0.05) is 30.3 Å². The first-order valence-electron chi connectivity index (χ1n) is 6.73. The third kappa shape index (κ3) is 3.28. The van der Waals surface area contributed by atoms with Crippen LogP contribution in [0.5, 0.6) is 0 Å². The number of nitrogens with zero attached hydrogens (tertiary/aromatic N) is 3. The molecule has 2 aromatic rings. The number of halogens is 1. The van der Waals surface area contributed by atoms with Crippen LogP contribution in [0.1, 0.15) is 27.4 Å². The van der Waals surface area contributed by atoms with Gasteiger partial charge in [-0.05, 0) is 29.7 Å². The second kappa shape index (κ2) is 5.91. The molecule has 21 heavy (non-hydrogen) atoms. The van der Waals surface area contributed by atoms with Gasteiger partial charge in [0.2, 0.25) is 5.82 Å². The Morgan fingerprint density at radius 1 is 1.33 bits per heavy atom. The zero-order valence-electron chi connectivity index (χ0n) is 11.4. The summed E-state index contributed by atoms with van der Waals surface area (Å²) in [5.74, 6) is -0.484. The minimum Gasteiger partial charge on any atom is -0.363 e. The third-order valence-corrected chi connectivity index (χ3v) is 4.09. The summed E-state index contributed by atoms with van der Waals surface area (Å²) in [6, 6.07) is 8.30. The molecule has 5 nitrogen and oxygen atoms in total. The number of hydrogen-bond donors (Lipinski definition) is 1. The van der Waals surface area contributed by atoms with Gasteiger partial charge in [0.15, 0.2) is 0 Å². The Morgan fingerprint density at radius 3 is 2.81 bits per heavy atom. The van der Waals surface area contributed by atoms with Crippen LogP contribution in [0.15, 0.2) is 34.9 Å². The maximum absolute atomic E-state index is 11.2. The Kier molecular flexibility index (Phi) is 3.98. The second-order valence-electron chi connectivity index (χ2n) is 5.12. The standard InChI is InChI=1S/C15H15BrN4O/c16-12-3-1-10(2-4-12)8-20-6-5-11-7-18-15(14(17)21)19-13(11)9-20/h1-4,7H,5-6,8-9H2,(H2,17,21). The first-order chi connectivity index (χ1) is 10.1. The third-order valence-electron chi connectivity index (χ3n) is 3.56. The van der Waals surface area contributed by atoms with Gasteiger partial charge in [0.05, 0.1) is 5.69 Å². The summed E-state index contributed by atoms with van der Waals surface area (Å²) in [5, 5.41) is 0. The SMILES string of the molecule is NC(=O)c1ncc2c(n1)CN(Cc1ccc(Br)cc1)CC2. The Balaban J connectivity index is 1.75. The van der Waals surface area contributed by atoms with E-state index in [1.807, 2.05) is 12.1 Å². The van der Waals surface area contributed by atoms with Gasteiger partial charge in [0.1, 0.15) is 0 Å². The number of benzene rings is 1. The number of carbonyl (C=O) groups is 1. The molecule has 1 aromatic carbocycles. The molecule has 0 saturated carbocycles. The first kappa shape index (κ1) is 14.2. The van der Waals surface area contributed by atoms with Crippen LogP contribution in [-0.2, 0) is 19.5 Å². The van der Waals surface area contributed by atoms with Crippen molar-refractivity contribution in [2.45, 2.75) is 19.5 Å². The quantitative estimate of drug-likeness (QED) is 0.921. The summed E-state index contributed by atoms with van der Waals surface area (Å²) < 4.78 is 1.08. The zero-order chi connectivity index (χ0) is 14.8. The molecule has 3 rings (SSSR count). The highest BCUT2D eigenvalue weighted by atomic mass is 79.9. The molecule has 1 aliphatic rings. The van der Waals surface area contributed by atoms with E-state index in [1.54, 1.807) is 6.20 Å². The normalized spacial score (nSPS) is 14.7. The van der Waals surface area contributed by atoms with Crippen LogP contribution >= 0.6 is 15.9 Å². The summed E-state index contributed by atoms with van der Waals surface area (Å²) in [4.78, 5) is 21.8. The van der Waals surface area contributed by atoms with E-state index in [-0.39, 0.29) is 5.82 Å². The number of nitrogens with two attached hydrogens (primary N) is 1. The van der Waals surface area contributed by atoms with Crippen molar-refractivity contribution in [3.8, 4) is 0 Å². The maximum Gasteiger partial charge on any atom is 0.286 e.